The fourth-order valence-corrected chi connectivity index (χ4v) is 4.64. The van der Waals surface area contributed by atoms with Gasteiger partial charge in [0, 0.05) is 62.6 Å². The van der Waals surface area contributed by atoms with Crippen LogP contribution in [0.15, 0.2) is 49.2 Å². The summed E-state index contributed by atoms with van der Waals surface area (Å²) in [5.41, 5.74) is 3.81. The standard InChI is InChI=1S/C26H27ClF2N6/c1-17(34-13-11-33(2)12-14-34)18-3-5-19(6-4-18)23-15-31-25-26(32-23)35(10-9-30-25)16-20-21(28)7-8-22(29)24(20)27/h3-8,15H,1,9-14,16H2,2H3,(H,30,31). The number of benzene rings is 2. The van der Waals surface area contributed by atoms with Gasteiger partial charge in [-0.25, -0.2) is 18.7 Å². The molecule has 0 amide bonds. The number of hydrogen-bond donors (Lipinski definition) is 1. The smallest absolute Gasteiger partial charge is 0.172 e. The lowest BCUT2D eigenvalue weighted by Gasteiger charge is -2.35. The van der Waals surface area contributed by atoms with Crippen molar-refractivity contribution in [3.05, 3.63) is 77.0 Å². The summed E-state index contributed by atoms with van der Waals surface area (Å²) in [6.45, 7) is 9.54. The third-order valence-corrected chi connectivity index (χ3v) is 7.02. The number of anilines is 2. The average molecular weight is 497 g/mol. The van der Waals surface area contributed by atoms with E-state index in [-0.39, 0.29) is 17.1 Å². The van der Waals surface area contributed by atoms with Crippen molar-refractivity contribution in [3.8, 4) is 11.3 Å². The first kappa shape index (κ1) is 23.5. The SMILES string of the molecule is C=C(c1ccc(-c2cnc3c(n2)N(Cc2c(F)ccc(F)c2Cl)CCN3)cc1)N1CCN(C)CC1. The molecule has 1 saturated heterocycles. The maximum absolute atomic E-state index is 14.4. The predicted molar refractivity (Wildman–Crippen MR) is 136 cm³/mol. The van der Waals surface area contributed by atoms with Gasteiger partial charge in [-0.2, -0.15) is 0 Å². The van der Waals surface area contributed by atoms with E-state index in [0.717, 1.165) is 55.1 Å². The van der Waals surface area contributed by atoms with E-state index in [1.807, 2.05) is 17.0 Å². The topological polar surface area (TPSA) is 47.5 Å². The Bertz CT molecular complexity index is 1240. The summed E-state index contributed by atoms with van der Waals surface area (Å²) in [6, 6.07) is 10.3. The molecular weight excluding hydrogens is 470 g/mol. The first-order valence-corrected chi connectivity index (χ1v) is 12.0. The fourth-order valence-electron chi connectivity index (χ4n) is 4.43. The molecule has 0 saturated carbocycles. The zero-order valence-electron chi connectivity index (χ0n) is 19.6. The molecule has 3 aromatic rings. The number of halogens is 3. The van der Waals surface area contributed by atoms with Gasteiger partial charge in [0.1, 0.15) is 11.6 Å². The Morgan fingerprint density at radius 3 is 2.49 bits per heavy atom. The second-order valence-corrected chi connectivity index (χ2v) is 9.29. The molecule has 0 radical (unpaired) electrons. The molecule has 5 rings (SSSR count). The quantitative estimate of drug-likeness (QED) is 0.515. The van der Waals surface area contributed by atoms with Gasteiger partial charge in [0.05, 0.1) is 16.9 Å². The molecule has 9 heteroatoms. The monoisotopic (exact) mass is 496 g/mol. The summed E-state index contributed by atoms with van der Waals surface area (Å²) in [5, 5.41) is 3.02. The van der Waals surface area contributed by atoms with Gasteiger partial charge in [0.2, 0.25) is 0 Å². The van der Waals surface area contributed by atoms with E-state index in [1.165, 1.54) is 0 Å². The lowest BCUT2D eigenvalue weighted by molar-refractivity contribution is 0.207. The molecule has 0 bridgehead atoms. The molecule has 2 aromatic carbocycles. The molecule has 0 spiro atoms. The summed E-state index contributed by atoms with van der Waals surface area (Å²) in [7, 11) is 2.13. The van der Waals surface area contributed by atoms with E-state index < -0.39 is 11.6 Å². The van der Waals surface area contributed by atoms with Crippen molar-refractivity contribution in [2.75, 3.05) is 56.5 Å². The highest BCUT2D eigenvalue weighted by molar-refractivity contribution is 6.31. The van der Waals surface area contributed by atoms with Gasteiger partial charge >= 0.3 is 0 Å². The third kappa shape index (κ3) is 4.81. The minimum absolute atomic E-state index is 0.0963. The predicted octanol–water partition coefficient (Wildman–Crippen LogP) is 4.73. The average Bonchev–Trinajstić information content (AvgIpc) is 2.89. The lowest BCUT2D eigenvalue weighted by atomic mass is 10.1. The van der Waals surface area contributed by atoms with Crippen molar-refractivity contribution < 1.29 is 8.78 Å². The first-order valence-electron chi connectivity index (χ1n) is 11.6. The van der Waals surface area contributed by atoms with Crippen LogP contribution < -0.4 is 10.2 Å². The fraction of sp³-hybridized carbons (Fsp3) is 0.308. The summed E-state index contributed by atoms with van der Waals surface area (Å²) in [5.74, 6) is 0.000625. The minimum Gasteiger partial charge on any atom is -0.369 e. The third-order valence-electron chi connectivity index (χ3n) is 6.61. The second-order valence-electron chi connectivity index (χ2n) is 8.91. The van der Waals surface area contributed by atoms with Crippen LogP contribution in [0.25, 0.3) is 17.0 Å². The van der Waals surface area contributed by atoms with Gasteiger partial charge in [-0.15, -0.1) is 0 Å². The zero-order chi connectivity index (χ0) is 24.5. The zero-order valence-corrected chi connectivity index (χ0v) is 20.3. The molecular formula is C26H27ClF2N6. The molecule has 0 aliphatic carbocycles. The number of piperazine rings is 1. The van der Waals surface area contributed by atoms with Crippen LogP contribution in [0, 0.1) is 11.6 Å². The number of rotatable bonds is 5. The van der Waals surface area contributed by atoms with Crippen LogP contribution in [0.2, 0.25) is 5.02 Å². The van der Waals surface area contributed by atoms with E-state index in [1.54, 1.807) is 6.20 Å². The first-order chi connectivity index (χ1) is 16.9. The van der Waals surface area contributed by atoms with Gasteiger partial charge in [0.25, 0.3) is 0 Å². The Morgan fingerprint density at radius 1 is 1.03 bits per heavy atom. The van der Waals surface area contributed by atoms with E-state index in [2.05, 4.69) is 45.9 Å². The molecule has 1 fully saturated rings. The van der Waals surface area contributed by atoms with Gasteiger partial charge in [-0.3, -0.25) is 0 Å². The van der Waals surface area contributed by atoms with Gasteiger partial charge in [-0.05, 0) is 24.7 Å². The van der Waals surface area contributed by atoms with Crippen LogP contribution in [-0.2, 0) is 6.54 Å². The number of nitrogens with zero attached hydrogens (tertiary/aromatic N) is 5. The molecule has 2 aliphatic rings. The van der Waals surface area contributed by atoms with Gasteiger partial charge < -0.3 is 20.0 Å². The highest BCUT2D eigenvalue weighted by atomic mass is 35.5. The van der Waals surface area contributed by atoms with Crippen LogP contribution in [0.3, 0.4) is 0 Å². The molecule has 6 nitrogen and oxygen atoms in total. The maximum Gasteiger partial charge on any atom is 0.172 e. The summed E-state index contributed by atoms with van der Waals surface area (Å²) >= 11 is 6.07. The normalized spacial score (nSPS) is 16.1. The molecule has 0 unspecified atom stereocenters. The van der Waals surface area contributed by atoms with Crippen LogP contribution >= 0.6 is 11.6 Å². The number of fused-ring (bicyclic) bond motifs is 1. The molecule has 1 aromatic heterocycles. The molecule has 0 atom stereocenters. The Hall–Kier alpha value is -3.23. The van der Waals surface area contributed by atoms with Crippen LogP contribution in [-0.4, -0.2) is 66.1 Å². The number of likely N-dealkylation sites (N-methyl/N-ethyl adjacent to an activating group) is 1. The second kappa shape index (κ2) is 9.79. The Labute approximate surface area is 208 Å². The largest absolute Gasteiger partial charge is 0.369 e. The summed E-state index contributed by atoms with van der Waals surface area (Å²) in [6.07, 6.45) is 1.72. The number of nitrogens with one attached hydrogen (secondary N) is 1. The van der Waals surface area contributed by atoms with Gasteiger partial charge in [0.15, 0.2) is 11.6 Å². The highest BCUT2D eigenvalue weighted by Crippen LogP contribution is 2.32. The van der Waals surface area contributed by atoms with E-state index >= 15 is 0 Å². The van der Waals surface area contributed by atoms with Crippen molar-refractivity contribution in [2.24, 2.45) is 0 Å². The number of hydrogen-bond acceptors (Lipinski definition) is 6. The molecule has 182 valence electrons. The lowest BCUT2D eigenvalue weighted by Crippen LogP contribution is -2.43. The Morgan fingerprint density at radius 2 is 1.74 bits per heavy atom. The van der Waals surface area contributed by atoms with Crippen molar-refractivity contribution in [2.45, 2.75) is 6.54 Å². The van der Waals surface area contributed by atoms with Crippen LogP contribution in [0.1, 0.15) is 11.1 Å². The molecule has 1 N–H and O–H groups in total. The van der Waals surface area contributed by atoms with E-state index in [4.69, 9.17) is 16.6 Å². The minimum atomic E-state index is -0.642. The van der Waals surface area contributed by atoms with E-state index in [0.29, 0.717) is 30.4 Å². The van der Waals surface area contributed by atoms with E-state index in [9.17, 15) is 8.78 Å². The van der Waals surface area contributed by atoms with Crippen LogP contribution in [0.4, 0.5) is 20.4 Å². The maximum atomic E-state index is 14.4. The molecule has 35 heavy (non-hydrogen) atoms. The highest BCUT2D eigenvalue weighted by Gasteiger charge is 2.24. The van der Waals surface area contributed by atoms with Gasteiger partial charge in [-0.1, -0.05) is 42.4 Å². The Balaban J connectivity index is 1.38. The summed E-state index contributed by atoms with van der Waals surface area (Å²) < 4.78 is 28.4. The van der Waals surface area contributed by atoms with Crippen LogP contribution in [0.5, 0.6) is 0 Å². The van der Waals surface area contributed by atoms with Crippen molar-refractivity contribution >= 4 is 28.9 Å². The van der Waals surface area contributed by atoms with Crippen molar-refractivity contribution in [1.82, 2.24) is 19.8 Å². The molecule has 2 aliphatic heterocycles. The molecule has 3 heterocycles. The van der Waals surface area contributed by atoms with Crippen molar-refractivity contribution in [3.63, 3.8) is 0 Å². The number of aromatic nitrogens is 2. The van der Waals surface area contributed by atoms with Crippen molar-refractivity contribution in [1.29, 1.82) is 0 Å². The summed E-state index contributed by atoms with van der Waals surface area (Å²) in [4.78, 5) is 15.9. The Kier molecular flexibility index (Phi) is 6.58.